The first-order chi connectivity index (χ1) is 31.6. The molecule has 10 rings (SSSR count). The van der Waals surface area contributed by atoms with E-state index in [2.05, 4.69) is 72.5 Å². The number of hydrogen-bond acceptors (Lipinski definition) is 13. The molecular weight excluding hydrogens is 893 g/mol. The largest absolute Gasteiger partial charge is 0.504 e. The minimum Gasteiger partial charge on any atom is -0.504 e. The zero-order chi connectivity index (χ0) is 48.4. The van der Waals surface area contributed by atoms with Gasteiger partial charge in [-0.1, -0.05) is 49.9 Å². The normalized spacial score (nSPS) is 33.5. The number of ether oxygens (including phenoxy) is 2. The van der Waals surface area contributed by atoms with E-state index in [4.69, 9.17) is 24.1 Å². The molecule has 1 spiro atoms. The number of aliphatic hydroxyl groups excluding tert-OH is 1. The van der Waals surface area contributed by atoms with Crippen molar-refractivity contribution in [3.63, 3.8) is 0 Å². The molecule has 1 aromatic heterocycles. The van der Waals surface area contributed by atoms with Gasteiger partial charge in [-0.25, -0.2) is 9.59 Å². The quantitative estimate of drug-likeness (QED) is 0.0923. The van der Waals surface area contributed by atoms with Crippen LogP contribution in [0.5, 0.6) is 0 Å². The van der Waals surface area contributed by atoms with Crippen LogP contribution in [0.25, 0.3) is 0 Å². The molecule has 3 N–H and O–H groups in total. The zero-order valence-electron chi connectivity index (χ0n) is 39.2. The molecule has 0 bridgehead atoms. The van der Waals surface area contributed by atoms with Crippen molar-refractivity contribution in [3.05, 3.63) is 113 Å². The highest BCUT2D eigenvalue weighted by Gasteiger charge is 2.89. The second kappa shape index (κ2) is 17.9. The Morgan fingerprint density at radius 2 is 1.63 bits per heavy atom. The second-order valence-corrected chi connectivity index (χ2v) is 21.9. The minimum atomic E-state index is -1.26. The summed E-state index contributed by atoms with van der Waals surface area (Å²) in [5.74, 6) is -4.35. The number of aliphatic hydroxyl groups is 1. The van der Waals surface area contributed by atoms with Crippen LogP contribution in [-0.4, -0.2) is 112 Å². The number of aliphatic carboxylic acids is 2. The molecule has 2 saturated heterocycles. The Balaban J connectivity index is 0.000000164. The molecule has 4 aliphatic carbocycles. The Kier molecular flexibility index (Phi) is 12.9. The first-order valence-corrected chi connectivity index (χ1v) is 24.8. The number of furan rings is 1. The lowest BCUT2D eigenvalue weighted by molar-refractivity contribution is -0.200. The third-order valence-corrected chi connectivity index (χ3v) is 17.8. The number of epoxide rings is 1. The molecule has 0 amide bonds. The fourth-order valence-corrected chi connectivity index (χ4v) is 14.6. The number of thioether (sulfide) groups is 1. The van der Waals surface area contributed by atoms with Crippen LogP contribution in [0.4, 0.5) is 0 Å². The number of allylic oxidation sites excluding steroid dienone is 4. The average Bonchev–Trinajstić information content (AvgIpc) is 3.72. The summed E-state index contributed by atoms with van der Waals surface area (Å²) in [6, 6.07) is 18.4. The molecule has 3 aromatic rings. The molecule has 13 nitrogen and oxygen atoms in total. The topological polar surface area (TPSA) is 187 Å². The van der Waals surface area contributed by atoms with E-state index >= 15 is 0 Å². The van der Waals surface area contributed by atoms with Crippen molar-refractivity contribution in [2.24, 2.45) is 27.6 Å². The number of benzene rings is 2. The predicted octanol–water partition coefficient (Wildman–Crippen LogP) is 8.55. The lowest BCUT2D eigenvalue weighted by atomic mass is 9.38. The van der Waals surface area contributed by atoms with Crippen LogP contribution in [0.1, 0.15) is 83.0 Å². The van der Waals surface area contributed by atoms with Gasteiger partial charge in [0.25, 0.3) is 0 Å². The summed E-state index contributed by atoms with van der Waals surface area (Å²) in [6.07, 6.45) is 11.6. The molecule has 2 aromatic carbocycles. The predicted molar refractivity (Wildman–Crippen MR) is 253 cm³/mol. The van der Waals surface area contributed by atoms with E-state index in [1.807, 2.05) is 43.4 Å². The highest BCUT2D eigenvalue weighted by molar-refractivity contribution is 7.99. The van der Waals surface area contributed by atoms with Gasteiger partial charge in [0.1, 0.15) is 11.7 Å². The molecule has 7 aliphatic rings. The van der Waals surface area contributed by atoms with Gasteiger partial charge in [-0.3, -0.25) is 19.3 Å². The molecule has 2 saturated carbocycles. The SMILES string of the molecule is CC(=O)OC1CC2(C)C(c3ccoc3)CC3OC32C2(C)C(=O)C(O)=C3C(C)(C)C(=O)C=CC3(C)C12.CSc1ccc2c(c1)C(N1CCN(C)CC1)Cc1ccccc1S2.O=C(O)C=CC(=O)O. The Labute approximate surface area is 400 Å². The molecule has 4 heterocycles. The van der Waals surface area contributed by atoms with Crippen LogP contribution < -0.4 is 0 Å². The van der Waals surface area contributed by atoms with Crippen molar-refractivity contribution >= 4 is 53.0 Å². The summed E-state index contributed by atoms with van der Waals surface area (Å²) < 4.78 is 17.9. The number of carbonyl (C=O) groups is 5. The van der Waals surface area contributed by atoms with Crippen LogP contribution in [0.2, 0.25) is 0 Å². The molecule has 15 heteroatoms. The van der Waals surface area contributed by atoms with Crippen LogP contribution in [0.15, 0.2) is 116 Å². The third-order valence-electron chi connectivity index (χ3n) is 15.9. The number of piperazine rings is 1. The zero-order valence-corrected chi connectivity index (χ0v) is 40.9. The molecular formula is C52H60N2O11S2. The Morgan fingerprint density at radius 1 is 0.940 bits per heavy atom. The number of rotatable bonds is 6. The summed E-state index contributed by atoms with van der Waals surface area (Å²) in [7, 11) is 2.23. The van der Waals surface area contributed by atoms with Crippen molar-refractivity contribution in [1.82, 2.24) is 9.80 Å². The number of likely N-dealkylation sites (N-methyl/N-ethyl adjacent to an activating group) is 1. The summed E-state index contributed by atoms with van der Waals surface area (Å²) in [5, 5.41) is 27.1. The number of carbonyl (C=O) groups excluding carboxylic acids is 3. The molecule has 4 fully saturated rings. The molecule has 67 heavy (non-hydrogen) atoms. The third kappa shape index (κ3) is 8.01. The van der Waals surface area contributed by atoms with Gasteiger partial charge in [-0.2, -0.15) is 0 Å². The maximum absolute atomic E-state index is 14.3. The van der Waals surface area contributed by atoms with E-state index in [-0.39, 0.29) is 23.6 Å². The van der Waals surface area contributed by atoms with Gasteiger partial charge in [0, 0.05) is 82.7 Å². The Hall–Kier alpha value is -4.93. The molecule has 0 radical (unpaired) electrons. The van der Waals surface area contributed by atoms with Crippen LogP contribution >= 0.6 is 23.5 Å². The maximum atomic E-state index is 14.3. The molecule has 9 unspecified atom stereocenters. The van der Waals surface area contributed by atoms with Crippen molar-refractivity contribution in [3.8, 4) is 0 Å². The van der Waals surface area contributed by atoms with Crippen LogP contribution in [-0.2, 0) is 39.9 Å². The first kappa shape index (κ1) is 48.5. The van der Waals surface area contributed by atoms with E-state index in [1.165, 1.54) is 45.8 Å². The number of ketones is 2. The molecule has 356 valence electrons. The number of carboxylic acids is 2. The van der Waals surface area contributed by atoms with E-state index in [0.717, 1.165) is 25.1 Å². The second-order valence-electron chi connectivity index (χ2n) is 20.0. The summed E-state index contributed by atoms with van der Waals surface area (Å²) in [5.41, 5.74) is -0.0439. The summed E-state index contributed by atoms with van der Waals surface area (Å²) in [6.45, 7) is 15.5. The van der Waals surface area contributed by atoms with Gasteiger partial charge in [-0.05, 0) is 118 Å². The lowest BCUT2D eigenvalue weighted by Gasteiger charge is -2.64. The van der Waals surface area contributed by atoms with E-state index in [1.54, 1.807) is 38.5 Å². The van der Waals surface area contributed by atoms with E-state index in [0.29, 0.717) is 36.6 Å². The number of fused-ring (bicyclic) bond motifs is 5. The Morgan fingerprint density at radius 3 is 2.25 bits per heavy atom. The van der Waals surface area contributed by atoms with Crippen molar-refractivity contribution in [1.29, 1.82) is 0 Å². The summed E-state index contributed by atoms with van der Waals surface area (Å²) in [4.78, 5) is 68.1. The lowest BCUT2D eigenvalue weighted by Crippen LogP contribution is -2.70. The van der Waals surface area contributed by atoms with Crippen LogP contribution in [0, 0.1) is 27.6 Å². The van der Waals surface area contributed by atoms with Gasteiger partial charge in [0.2, 0.25) is 5.78 Å². The Bertz CT molecular complexity index is 2560. The number of nitrogens with zero attached hydrogens (tertiary/aromatic N) is 2. The van der Waals surface area contributed by atoms with Crippen molar-refractivity contribution in [2.45, 2.75) is 105 Å². The smallest absolute Gasteiger partial charge is 0.328 e. The monoisotopic (exact) mass is 952 g/mol. The van der Waals surface area contributed by atoms with Crippen molar-refractivity contribution < 1.29 is 53.2 Å². The van der Waals surface area contributed by atoms with Gasteiger partial charge in [0.15, 0.2) is 11.5 Å². The molecule has 9 atom stereocenters. The number of Topliss-reactive ketones (excluding diaryl/α,β-unsaturated/α-hetero) is 1. The van der Waals surface area contributed by atoms with E-state index < -0.39 is 63.0 Å². The standard InChI is InChI=1S/C28H32O7.C20H24N2S2.C4H4O4/c1-14(29)34-17-12-26(5)16(15-8-10-33-13-15)11-19-28(26,35-19)27(6)21(17)25(4)9-7-18(30)24(2,3)22(25)20(31)23(27)32;1-21-9-11-22(12-10-21)18-13-15-5-3-4-6-19(15)24-20-8-7-16(23-2)14-17(18)20;5-3(6)1-2-4(7)8/h7-10,13,16-17,19,21,31H,11-12H2,1-6H3;3-8,14,18H,9-13H2,1-2H3;1-2H,(H,5,6)(H,7,8). The first-order valence-electron chi connectivity index (χ1n) is 22.7. The number of hydrogen-bond donors (Lipinski definition) is 3. The van der Waals surface area contributed by atoms with Gasteiger partial charge in [0.05, 0.1) is 29.5 Å². The highest BCUT2D eigenvalue weighted by atomic mass is 32.2. The fraction of sp³-hybridized carbons (Fsp3) is 0.481. The van der Waals surface area contributed by atoms with E-state index in [9.17, 15) is 29.1 Å². The average molecular weight is 953 g/mol. The fourth-order valence-electron chi connectivity index (χ4n) is 13.0. The van der Waals surface area contributed by atoms with Gasteiger partial charge < -0.3 is 34.1 Å². The number of esters is 1. The maximum Gasteiger partial charge on any atom is 0.328 e. The minimum absolute atomic E-state index is 0.0453. The molecule has 3 aliphatic heterocycles. The summed E-state index contributed by atoms with van der Waals surface area (Å²) >= 11 is 3.79. The van der Waals surface area contributed by atoms with Crippen molar-refractivity contribution in [2.75, 3.05) is 39.5 Å². The van der Waals surface area contributed by atoms with Gasteiger partial charge in [-0.15, -0.1) is 11.8 Å². The van der Waals surface area contributed by atoms with Gasteiger partial charge >= 0.3 is 17.9 Å². The van der Waals surface area contributed by atoms with Crippen LogP contribution in [0.3, 0.4) is 0 Å². The highest BCUT2D eigenvalue weighted by Crippen LogP contribution is 2.81. The number of carboxylic acid groups (broad SMARTS) is 2.